The van der Waals surface area contributed by atoms with Gasteiger partial charge in [0.1, 0.15) is 0 Å². The molecule has 0 heterocycles. The monoisotopic (exact) mass is 252 g/mol. The third-order valence-electron chi connectivity index (χ3n) is 4.91. The summed E-state index contributed by atoms with van der Waals surface area (Å²) in [5, 5.41) is 0. The van der Waals surface area contributed by atoms with Gasteiger partial charge in [-0.25, -0.2) is 0 Å². The van der Waals surface area contributed by atoms with E-state index in [1.54, 1.807) is 0 Å². The van der Waals surface area contributed by atoms with Crippen molar-refractivity contribution in [2.45, 2.75) is 57.9 Å². The largest absolute Gasteiger partial charge is 0.345 e. The highest BCUT2D eigenvalue weighted by atomic mass is 16.2. The molecule has 0 aliphatic heterocycles. The maximum atomic E-state index is 12.1. The van der Waals surface area contributed by atoms with Gasteiger partial charge in [-0.1, -0.05) is 19.8 Å². The zero-order valence-corrected chi connectivity index (χ0v) is 11.9. The molecule has 2 fully saturated rings. The minimum Gasteiger partial charge on any atom is -0.345 e. The van der Waals surface area contributed by atoms with E-state index in [1.807, 2.05) is 11.9 Å². The summed E-state index contributed by atoms with van der Waals surface area (Å²) in [4.78, 5) is 14.0. The number of nitrogens with zero attached hydrogens (tertiary/aromatic N) is 1. The van der Waals surface area contributed by atoms with Crippen LogP contribution in [0.4, 0.5) is 0 Å². The van der Waals surface area contributed by atoms with E-state index in [4.69, 9.17) is 5.73 Å². The van der Waals surface area contributed by atoms with Gasteiger partial charge in [-0.3, -0.25) is 4.79 Å². The van der Waals surface area contributed by atoms with Crippen molar-refractivity contribution in [3.8, 4) is 0 Å². The van der Waals surface area contributed by atoms with Crippen LogP contribution in [0.25, 0.3) is 0 Å². The van der Waals surface area contributed by atoms with Gasteiger partial charge in [0.2, 0.25) is 5.91 Å². The van der Waals surface area contributed by atoms with E-state index in [1.165, 1.54) is 25.7 Å². The Balaban J connectivity index is 1.74. The molecule has 2 saturated carbocycles. The Morgan fingerprint density at radius 3 is 2.72 bits per heavy atom. The van der Waals surface area contributed by atoms with Gasteiger partial charge in [-0.15, -0.1) is 0 Å². The Bertz CT molecular complexity index is 292. The summed E-state index contributed by atoms with van der Waals surface area (Å²) in [6.07, 6.45) is 8.13. The van der Waals surface area contributed by atoms with Crippen LogP contribution in [-0.2, 0) is 4.79 Å². The van der Waals surface area contributed by atoms with Gasteiger partial charge in [0.25, 0.3) is 0 Å². The number of nitrogens with two attached hydrogens (primary N) is 1. The lowest BCUT2D eigenvalue weighted by atomic mass is 9.88. The summed E-state index contributed by atoms with van der Waals surface area (Å²) in [7, 11) is 1.95. The smallest absolute Gasteiger partial charge is 0.223 e. The molecule has 4 atom stereocenters. The lowest BCUT2D eigenvalue weighted by Crippen LogP contribution is -2.37. The number of fused-ring (bicyclic) bond motifs is 2. The number of rotatable bonds is 6. The Hall–Kier alpha value is -0.570. The summed E-state index contributed by atoms with van der Waals surface area (Å²) in [6.45, 7) is 3.07. The highest BCUT2D eigenvalue weighted by Gasteiger charge is 2.40. The first-order chi connectivity index (χ1) is 8.60. The Labute approximate surface area is 111 Å². The van der Waals surface area contributed by atoms with Crippen LogP contribution in [0.3, 0.4) is 0 Å². The number of carbonyl (C=O) groups excluding carboxylic acids is 1. The molecule has 1 amide bonds. The predicted octanol–water partition coefficient (Wildman–Crippen LogP) is 2.40. The molecule has 0 radical (unpaired) electrons. The Kier molecular flexibility index (Phi) is 4.66. The fourth-order valence-corrected chi connectivity index (χ4v) is 3.91. The van der Waals surface area contributed by atoms with Crippen molar-refractivity contribution in [1.29, 1.82) is 0 Å². The van der Waals surface area contributed by atoms with Gasteiger partial charge >= 0.3 is 0 Å². The normalized spacial score (nSPS) is 31.6. The van der Waals surface area contributed by atoms with Gasteiger partial charge in [-0.2, -0.15) is 0 Å². The standard InChI is InChI=1S/C15H28N2O/c1-3-4-14(16)9-15(18)17(2)10-13-8-11-5-6-12(13)7-11/h11-14H,3-10,16H2,1-2H3. The van der Waals surface area contributed by atoms with Crippen molar-refractivity contribution < 1.29 is 4.79 Å². The molecule has 0 aromatic carbocycles. The van der Waals surface area contributed by atoms with E-state index in [0.717, 1.165) is 37.1 Å². The van der Waals surface area contributed by atoms with Crippen LogP contribution in [0.2, 0.25) is 0 Å². The molecule has 18 heavy (non-hydrogen) atoms. The average molecular weight is 252 g/mol. The maximum absolute atomic E-state index is 12.1. The number of amides is 1. The second-order valence-electron chi connectivity index (χ2n) is 6.46. The second kappa shape index (κ2) is 6.05. The lowest BCUT2D eigenvalue weighted by Gasteiger charge is -2.28. The lowest BCUT2D eigenvalue weighted by molar-refractivity contribution is -0.131. The molecular weight excluding hydrogens is 224 g/mol. The second-order valence-corrected chi connectivity index (χ2v) is 6.46. The van der Waals surface area contributed by atoms with E-state index in [9.17, 15) is 4.79 Å². The predicted molar refractivity (Wildman–Crippen MR) is 74.1 cm³/mol. The Morgan fingerprint density at radius 1 is 1.39 bits per heavy atom. The van der Waals surface area contributed by atoms with Crippen LogP contribution < -0.4 is 5.73 Å². The topological polar surface area (TPSA) is 46.3 Å². The molecular formula is C15H28N2O. The van der Waals surface area contributed by atoms with E-state index in [0.29, 0.717) is 6.42 Å². The molecule has 2 rings (SSSR count). The van der Waals surface area contributed by atoms with E-state index >= 15 is 0 Å². The molecule has 0 aromatic heterocycles. The van der Waals surface area contributed by atoms with E-state index in [-0.39, 0.29) is 11.9 Å². The van der Waals surface area contributed by atoms with Crippen LogP contribution in [0.1, 0.15) is 51.9 Å². The van der Waals surface area contributed by atoms with Crippen molar-refractivity contribution in [2.75, 3.05) is 13.6 Å². The van der Waals surface area contributed by atoms with Crippen LogP contribution in [0, 0.1) is 17.8 Å². The fourth-order valence-electron chi connectivity index (χ4n) is 3.91. The summed E-state index contributed by atoms with van der Waals surface area (Å²) in [5.74, 6) is 2.86. The summed E-state index contributed by atoms with van der Waals surface area (Å²) in [6, 6.07) is 0.0463. The van der Waals surface area contributed by atoms with Crippen molar-refractivity contribution in [1.82, 2.24) is 4.90 Å². The van der Waals surface area contributed by atoms with Gasteiger partial charge in [0.15, 0.2) is 0 Å². The summed E-state index contributed by atoms with van der Waals surface area (Å²) >= 11 is 0. The van der Waals surface area contributed by atoms with Crippen LogP contribution in [-0.4, -0.2) is 30.4 Å². The van der Waals surface area contributed by atoms with Crippen LogP contribution in [0.15, 0.2) is 0 Å². The van der Waals surface area contributed by atoms with E-state index in [2.05, 4.69) is 6.92 Å². The van der Waals surface area contributed by atoms with Gasteiger partial charge in [0, 0.05) is 26.1 Å². The molecule has 3 nitrogen and oxygen atoms in total. The summed E-state index contributed by atoms with van der Waals surface area (Å²) < 4.78 is 0. The Morgan fingerprint density at radius 2 is 2.17 bits per heavy atom. The van der Waals surface area contributed by atoms with Crippen LogP contribution in [0.5, 0.6) is 0 Å². The van der Waals surface area contributed by atoms with Gasteiger partial charge in [0.05, 0.1) is 0 Å². The first kappa shape index (κ1) is 13.9. The first-order valence-electron chi connectivity index (χ1n) is 7.59. The number of hydrogen-bond donors (Lipinski definition) is 1. The maximum Gasteiger partial charge on any atom is 0.223 e. The minimum absolute atomic E-state index is 0.0463. The molecule has 0 spiro atoms. The van der Waals surface area contributed by atoms with Crippen molar-refractivity contribution >= 4 is 5.91 Å². The number of carbonyl (C=O) groups is 1. The minimum atomic E-state index is 0.0463. The van der Waals surface area contributed by atoms with Crippen molar-refractivity contribution in [3.63, 3.8) is 0 Å². The first-order valence-corrected chi connectivity index (χ1v) is 7.59. The molecule has 0 aromatic rings. The molecule has 2 aliphatic rings. The zero-order valence-electron chi connectivity index (χ0n) is 11.9. The highest BCUT2D eigenvalue weighted by Crippen LogP contribution is 2.48. The quantitative estimate of drug-likeness (QED) is 0.789. The van der Waals surface area contributed by atoms with Crippen LogP contribution >= 0.6 is 0 Å². The van der Waals surface area contributed by atoms with Crippen molar-refractivity contribution in [3.05, 3.63) is 0 Å². The number of hydrogen-bond acceptors (Lipinski definition) is 2. The van der Waals surface area contributed by atoms with Gasteiger partial charge < -0.3 is 10.6 Å². The third kappa shape index (κ3) is 3.25. The highest BCUT2D eigenvalue weighted by molar-refractivity contribution is 5.76. The van der Waals surface area contributed by atoms with Gasteiger partial charge in [-0.05, 0) is 43.4 Å². The summed E-state index contributed by atoms with van der Waals surface area (Å²) in [5.41, 5.74) is 5.94. The van der Waals surface area contributed by atoms with Crippen molar-refractivity contribution in [2.24, 2.45) is 23.5 Å². The molecule has 104 valence electrons. The molecule has 2 aliphatic carbocycles. The molecule has 4 unspecified atom stereocenters. The molecule has 0 saturated heterocycles. The molecule has 3 heteroatoms. The SMILES string of the molecule is CCCC(N)CC(=O)N(C)CC1CC2CCC1C2. The zero-order chi connectivity index (χ0) is 13.1. The average Bonchev–Trinajstić information content (AvgIpc) is 2.90. The fraction of sp³-hybridized carbons (Fsp3) is 0.933. The van der Waals surface area contributed by atoms with E-state index < -0.39 is 0 Å². The third-order valence-corrected chi connectivity index (χ3v) is 4.91. The molecule has 2 bridgehead atoms. The molecule has 2 N–H and O–H groups in total.